The van der Waals surface area contributed by atoms with Gasteiger partial charge in [0, 0.05) is 23.1 Å². The standard InChI is InChI=1S/C25H42BrNO/c1-3-5-7-9-11-13-15-21-27(22-16-14-12-10-8-6-4-2)25(28)23-17-19-24(26)20-18-23/h17-20H,3-16,21-22H2,1-2H3. The van der Waals surface area contributed by atoms with Gasteiger partial charge in [0.1, 0.15) is 0 Å². The first-order valence-electron chi connectivity index (χ1n) is 11.7. The van der Waals surface area contributed by atoms with Crippen molar-refractivity contribution in [3.05, 3.63) is 34.3 Å². The summed E-state index contributed by atoms with van der Waals surface area (Å²) in [4.78, 5) is 15.1. The Kier molecular flexibility index (Phi) is 15.4. The molecule has 3 heteroatoms. The molecule has 0 saturated carbocycles. The molecule has 0 saturated heterocycles. The molecular weight excluding hydrogens is 410 g/mol. The molecule has 0 aromatic heterocycles. The van der Waals surface area contributed by atoms with Gasteiger partial charge < -0.3 is 4.90 Å². The van der Waals surface area contributed by atoms with Crippen LogP contribution in [0, 0.1) is 0 Å². The van der Waals surface area contributed by atoms with Gasteiger partial charge in [-0.3, -0.25) is 4.79 Å². The first-order chi connectivity index (χ1) is 13.7. The van der Waals surface area contributed by atoms with Crippen LogP contribution in [0.1, 0.15) is 114 Å². The summed E-state index contributed by atoms with van der Waals surface area (Å²) in [5.74, 6) is 0.199. The minimum atomic E-state index is 0.199. The molecule has 0 radical (unpaired) electrons. The molecule has 0 bridgehead atoms. The van der Waals surface area contributed by atoms with Crippen molar-refractivity contribution < 1.29 is 4.79 Å². The molecule has 2 nitrogen and oxygen atoms in total. The molecule has 0 aliphatic heterocycles. The largest absolute Gasteiger partial charge is 0.339 e. The van der Waals surface area contributed by atoms with Crippen LogP contribution in [-0.2, 0) is 0 Å². The zero-order valence-electron chi connectivity index (χ0n) is 18.4. The lowest BCUT2D eigenvalue weighted by molar-refractivity contribution is 0.0749. The van der Waals surface area contributed by atoms with Gasteiger partial charge in [0.05, 0.1) is 0 Å². The average Bonchev–Trinajstić information content (AvgIpc) is 2.71. The molecule has 160 valence electrons. The van der Waals surface area contributed by atoms with Crippen LogP contribution in [-0.4, -0.2) is 23.9 Å². The highest BCUT2D eigenvalue weighted by Crippen LogP contribution is 2.15. The first kappa shape index (κ1) is 25.2. The van der Waals surface area contributed by atoms with Crippen LogP contribution in [0.5, 0.6) is 0 Å². The topological polar surface area (TPSA) is 20.3 Å². The van der Waals surface area contributed by atoms with E-state index in [1.165, 1.54) is 77.0 Å². The van der Waals surface area contributed by atoms with Crippen LogP contribution >= 0.6 is 15.9 Å². The highest BCUT2D eigenvalue weighted by molar-refractivity contribution is 9.10. The zero-order valence-corrected chi connectivity index (χ0v) is 19.9. The summed E-state index contributed by atoms with van der Waals surface area (Å²) in [5.41, 5.74) is 0.814. The van der Waals surface area contributed by atoms with Crippen LogP contribution in [0.25, 0.3) is 0 Å². The van der Waals surface area contributed by atoms with Crippen molar-refractivity contribution in [2.24, 2.45) is 0 Å². The Labute approximate surface area is 182 Å². The number of amides is 1. The summed E-state index contributed by atoms with van der Waals surface area (Å²) in [7, 11) is 0. The Hall–Kier alpha value is -0.830. The number of nitrogens with zero attached hydrogens (tertiary/aromatic N) is 1. The van der Waals surface area contributed by atoms with Gasteiger partial charge in [-0.1, -0.05) is 107 Å². The zero-order chi connectivity index (χ0) is 20.5. The number of benzene rings is 1. The second-order valence-electron chi connectivity index (χ2n) is 8.04. The lowest BCUT2D eigenvalue weighted by Crippen LogP contribution is -2.33. The molecular formula is C25H42BrNO. The predicted octanol–water partition coefficient (Wildman–Crippen LogP) is 8.39. The van der Waals surface area contributed by atoms with Crippen LogP contribution < -0.4 is 0 Å². The maximum Gasteiger partial charge on any atom is 0.253 e. The number of hydrogen-bond acceptors (Lipinski definition) is 1. The van der Waals surface area contributed by atoms with E-state index in [0.717, 1.165) is 36.0 Å². The fraction of sp³-hybridized carbons (Fsp3) is 0.720. The van der Waals surface area contributed by atoms with E-state index in [9.17, 15) is 4.79 Å². The van der Waals surface area contributed by atoms with Crippen molar-refractivity contribution in [3.8, 4) is 0 Å². The van der Waals surface area contributed by atoms with Gasteiger partial charge in [0.15, 0.2) is 0 Å². The van der Waals surface area contributed by atoms with Gasteiger partial charge >= 0.3 is 0 Å². The molecule has 0 unspecified atom stereocenters. The highest BCUT2D eigenvalue weighted by Gasteiger charge is 2.15. The Morgan fingerprint density at radius 1 is 0.679 bits per heavy atom. The van der Waals surface area contributed by atoms with Crippen LogP contribution in [0.2, 0.25) is 0 Å². The number of hydrogen-bond donors (Lipinski definition) is 0. The molecule has 0 fully saturated rings. The summed E-state index contributed by atoms with van der Waals surface area (Å²) < 4.78 is 1.02. The minimum Gasteiger partial charge on any atom is -0.339 e. The monoisotopic (exact) mass is 451 g/mol. The maximum atomic E-state index is 13.0. The van der Waals surface area contributed by atoms with E-state index in [2.05, 4.69) is 34.7 Å². The number of carbonyl (C=O) groups excluding carboxylic acids is 1. The van der Waals surface area contributed by atoms with Gasteiger partial charge in [-0.2, -0.15) is 0 Å². The fourth-order valence-corrected chi connectivity index (χ4v) is 3.87. The van der Waals surface area contributed by atoms with E-state index < -0.39 is 0 Å². The third-order valence-electron chi connectivity index (χ3n) is 5.44. The predicted molar refractivity (Wildman–Crippen MR) is 126 cm³/mol. The second kappa shape index (κ2) is 17.1. The smallest absolute Gasteiger partial charge is 0.253 e. The van der Waals surface area contributed by atoms with Crippen molar-refractivity contribution in [2.45, 2.75) is 104 Å². The van der Waals surface area contributed by atoms with Gasteiger partial charge in [0.25, 0.3) is 5.91 Å². The molecule has 0 heterocycles. The van der Waals surface area contributed by atoms with E-state index in [1.54, 1.807) is 0 Å². The van der Waals surface area contributed by atoms with Crippen molar-refractivity contribution in [1.82, 2.24) is 4.90 Å². The van der Waals surface area contributed by atoms with Crippen LogP contribution in [0.3, 0.4) is 0 Å². The lowest BCUT2D eigenvalue weighted by Gasteiger charge is -2.23. The lowest BCUT2D eigenvalue weighted by atomic mass is 10.1. The van der Waals surface area contributed by atoms with E-state index in [-0.39, 0.29) is 5.91 Å². The van der Waals surface area contributed by atoms with Crippen molar-refractivity contribution >= 4 is 21.8 Å². The summed E-state index contributed by atoms with van der Waals surface area (Å²) in [6, 6.07) is 7.81. The van der Waals surface area contributed by atoms with Crippen molar-refractivity contribution in [1.29, 1.82) is 0 Å². The number of rotatable bonds is 17. The molecule has 0 aliphatic carbocycles. The normalized spacial score (nSPS) is 11.0. The first-order valence-corrected chi connectivity index (χ1v) is 12.5. The van der Waals surface area contributed by atoms with Crippen molar-refractivity contribution in [3.63, 3.8) is 0 Å². The van der Waals surface area contributed by atoms with E-state index in [1.807, 2.05) is 24.3 Å². The summed E-state index contributed by atoms with van der Waals surface area (Å²) in [6.45, 7) is 6.32. The Bertz CT molecular complexity index is 482. The second-order valence-corrected chi connectivity index (χ2v) is 8.96. The SMILES string of the molecule is CCCCCCCCCN(CCCCCCCCC)C(=O)c1ccc(Br)cc1. The van der Waals surface area contributed by atoms with Gasteiger partial charge in [0.2, 0.25) is 0 Å². The maximum absolute atomic E-state index is 13.0. The molecule has 0 atom stereocenters. The van der Waals surface area contributed by atoms with Gasteiger partial charge in [-0.15, -0.1) is 0 Å². The summed E-state index contributed by atoms with van der Waals surface area (Å²) >= 11 is 3.46. The molecule has 1 aromatic carbocycles. The Balaban J connectivity index is 2.40. The fourth-order valence-electron chi connectivity index (χ4n) is 3.61. The minimum absolute atomic E-state index is 0.199. The van der Waals surface area contributed by atoms with Crippen molar-refractivity contribution in [2.75, 3.05) is 13.1 Å². The van der Waals surface area contributed by atoms with Gasteiger partial charge in [-0.05, 0) is 37.1 Å². The molecule has 28 heavy (non-hydrogen) atoms. The van der Waals surface area contributed by atoms with E-state index in [0.29, 0.717) is 0 Å². The van der Waals surface area contributed by atoms with Crippen LogP contribution in [0.4, 0.5) is 0 Å². The molecule has 0 spiro atoms. The van der Waals surface area contributed by atoms with E-state index >= 15 is 0 Å². The third-order valence-corrected chi connectivity index (χ3v) is 5.97. The number of halogens is 1. The van der Waals surface area contributed by atoms with E-state index in [4.69, 9.17) is 0 Å². The molecule has 0 N–H and O–H groups in total. The number of carbonyl (C=O) groups is 1. The van der Waals surface area contributed by atoms with Gasteiger partial charge in [-0.25, -0.2) is 0 Å². The molecule has 1 rings (SSSR count). The highest BCUT2D eigenvalue weighted by atomic mass is 79.9. The Morgan fingerprint density at radius 3 is 1.50 bits per heavy atom. The third kappa shape index (κ3) is 11.9. The molecule has 1 amide bonds. The quantitative estimate of drug-likeness (QED) is 0.217. The molecule has 0 aliphatic rings. The summed E-state index contributed by atoms with van der Waals surface area (Å²) in [6.07, 6.45) is 18.0. The Morgan fingerprint density at radius 2 is 1.07 bits per heavy atom. The summed E-state index contributed by atoms with van der Waals surface area (Å²) in [5, 5.41) is 0. The number of unbranched alkanes of at least 4 members (excludes halogenated alkanes) is 12. The van der Waals surface area contributed by atoms with Crippen LogP contribution in [0.15, 0.2) is 28.7 Å². The average molecular weight is 453 g/mol. The molecule has 1 aromatic rings.